The van der Waals surface area contributed by atoms with E-state index >= 15 is 0 Å². The first-order valence-corrected chi connectivity index (χ1v) is 9.63. The van der Waals surface area contributed by atoms with Gasteiger partial charge in [-0.25, -0.2) is 0 Å². The van der Waals surface area contributed by atoms with Crippen molar-refractivity contribution >= 4 is 29.4 Å². The molecule has 0 unspecified atom stereocenters. The second kappa shape index (κ2) is 9.38. The molecule has 1 aromatic carbocycles. The van der Waals surface area contributed by atoms with Gasteiger partial charge < -0.3 is 10.4 Å². The highest BCUT2D eigenvalue weighted by molar-refractivity contribution is 8.00. The van der Waals surface area contributed by atoms with Crippen LogP contribution in [0.5, 0.6) is 0 Å². The third-order valence-corrected chi connectivity index (χ3v) is 5.52. The molecule has 1 aliphatic rings. The van der Waals surface area contributed by atoms with E-state index in [1.54, 1.807) is 23.5 Å². The monoisotopic (exact) mass is 325 g/mol. The molecular weight excluding hydrogens is 302 g/mol. The third-order valence-electron chi connectivity index (χ3n) is 3.46. The number of hydrogen-bond acceptors (Lipinski definition) is 4. The summed E-state index contributed by atoms with van der Waals surface area (Å²) >= 11 is 3.38. The lowest BCUT2D eigenvalue weighted by atomic mass is 10.1. The zero-order valence-corrected chi connectivity index (χ0v) is 13.9. The Kier molecular flexibility index (Phi) is 7.47. The van der Waals surface area contributed by atoms with Gasteiger partial charge in [0.15, 0.2) is 0 Å². The average molecular weight is 325 g/mol. The van der Waals surface area contributed by atoms with E-state index in [-0.39, 0.29) is 12.5 Å². The summed E-state index contributed by atoms with van der Waals surface area (Å²) in [6.07, 6.45) is 4.47. The number of carbonyl (C=O) groups excluding carboxylic acids is 1. The van der Waals surface area contributed by atoms with E-state index in [0.717, 1.165) is 17.9 Å². The number of fused-ring (bicyclic) bond motifs is 1. The summed E-state index contributed by atoms with van der Waals surface area (Å²) in [4.78, 5) is 13.0. The Labute approximate surface area is 135 Å². The zero-order chi connectivity index (χ0) is 14.9. The Morgan fingerprint density at radius 3 is 2.95 bits per heavy atom. The standard InChI is InChI=1S/C16H23NO2S2/c18-8-2-9-20-10-7-17-16(19)12-21-15-6-5-13-3-1-4-14(13)11-15/h5-6,11,18H,1-4,7-10,12H2,(H,17,19). The number of rotatable bonds is 9. The van der Waals surface area contributed by atoms with Crippen molar-refractivity contribution in [2.75, 3.05) is 30.4 Å². The maximum atomic E-state index is 11.8. The second-order valence-corrected chi connectivity index (χ2v) is 7.39. The number of benzene rings is 1. The molecule has 21 heavy (non-hydrogen) atoms. The molecule has 2 rings (SSSR count). The minimum Gasteiger partial charge on any atom is -0.396 e. The van der Waals surface area contributed by atoms with Gasteiger partial charge >= 0.3 is 0 Å². The van der Waals surface area contributed by atoms with Crippen LogP contribution in [0.4, 0.5) is 0 Å². The van der Waals surface area contributed by atoms with E-state index in [2.05, 4.69) is 23.5 Å². The molecule has 2 N–H and O–H groups in total. The minimum atomic E-state index is 0.100. The predicted molar refractivity (Wildman–Crippen MR) is 91.2 cm³/mol. The van der Waals surface area contributed by atoms with Gasteiger partial charge in [0.05, 0.1) is 5.75 Å². The van der Waals surface area contributed by atoms with E-state index in [1.165, 1.54) is 35.3 Å². The molecule has 0 spiro atoms. The molecule has 0 saturated heterocycles. The Hall–Kier alpha value is -0.650. The Bertz CT molecular complexity index is 466. The van der Waals surface area contributed by atoms with Gasteiger partial charge in [-0.05, 0) is 54.7 Å². The molecular formula is C16H23NO2S2. The zero-order valence-electron chi connectivity index (χ0n) is 12.3. The average Bonchev–Trinajstić information content (AvgIpc) is 2.96. The van der Waals surface area contributed by atoms with E-state index in [1.807, 2.05) is 0 Å². The molecule has 0 fully saturated rings. The Morgan fingerprint density at radius 1 is 1.24 bits per heavy atom. The SMILES string of the molecule is O=C(CSc1ccc2c(c1)CCC2)NCCSCCCO. The fraction of sp³-hybridized carbons (Fsp3) is 0.562. The van der Waals surface area contributed by atoms with Crippen LogP contribution in [0.25, 0.3) is 0 Å². The van der Waals surface area contributed by atoms with Crippen molar-refractivity contribution in [3.05, 3.63) is 29.3 Å². The summed E-state index contributed by atoms with van der Waals surface area (Å²) in [5, 5.41) is 11.6. The summed E-state index contributed by atoms with van der Waals surface area (Å²) in [5.74, 6) is 2.45. The molecule has 0 radical (unpaired) electrons. The number of aliphatic hydroxyl groups excluding tert-OH is 1. The van der Waals surface area contributed by atoms with Crippen molar-refractivity contribution in [2.24, 2.45) is 0 Å². The van der Waals surface area contributed by atoms with Crippen molar-refractivity contribution < 1.29 is 9.90 Å². The van der Waals surface area contributed by atoms with Crippen LogP contribution in [-0.4, -0.2) is 41.4 Å². The minimum absolute atomic E-state index is 0.100. The first-order valence-electron chi connectivity index (χ1n) is 7.49. The number of thioether (sulfide) groups is 2. The highest BCUT2D eigenvalue weighted by Gasteiger charge is 2.11. The summed E-state index contributed by atoms with van der Waals surface area (Å²) in [5.41, 5.74) is 2.93. The van der Waals surface area contributed by atoms with Crippen LogP contribution in [0.2, 0.25) is 0 Å². The molecule has 1 aromatic rings. The highest BCUT2D eigenvalue weighted by Crippen LogP contribution is 2.27. The molecule has 0 saturated carbocycles. The van der Waals surface area contributed by atoms with Gasteiger partial charge in [-0.2, -0.15) is 11.8 Å². The van der Waals surface area contributed by atoms with Gasteiger partial charge in [0.2, 0.25) is 5.91 Å². The summed E-state index contributed by atoms with van der Waals surface area (Å²) < 4.78 is 0. The number of carbonyl (C=O) groups is 1. The van der Waals surface area contributed by atoms with Gasteiger partial charge in [-0.3, -0.25) is 4.79 Å². The van der Waals surface area contributed by atoms with Crippen molar-refractivity contribution in [3.8, 4) is 0 Å². The summed E-state index contributed by atoms with van der Waals surface area (Å²) in [6.45, 7) is 0.955. The number of amides is 1. The van der Waals surface area contributed by atoms with Crippen LogP contribution in [0.15, 0.2) is 23.1 Å². The molecule has 0 heterocycles. The van der Waals surface area contributed by atoms with Crippen LogP contribution >= 0.6 is 23.5 Å². The molecule has 1 aliphatic carbocycles. The number of aryl methyl sites for hydroxylation is 2. The number of hydrogen-bond donors (Lipinski definition) is 2. The first kappa shape index (κ1) is 16.7. The highest BCUT2D eigenvalue weighted by atomic mass is 32.2. The maximum absolute atomic E-state index is 11.8. The van der Waals surface area contributed by atoms with Gasteiger partial charge in [-0.15, -0.1) is 11.8 Å². The van der Waals surface area contributed by atoms with Crippen molar-refractivity contribution in [2.45, 2.75) is 30.6 Å². The quantitative estimate of drug-likeness (QED) is 0.541. The van der Waals surface area contributed by atoms with Gasteiger partial charge in [0.25, 0.3) is 0 Å². The molecule has 0 aliphatic heterocycles. The molecule has 5 heteroatoms. The summed E-state index contributed by atoms with van der Waals surface area (Å²) in [7, 11) is 0. The number of nitrogens with one attached hydrogen (secondary N) is 1. The van der Waals surface area contributed by atoms with E-state index in [9.17, 15) is 4.79 Å². The van der Waals surface area contributed by atoms with E-state index in [4.69, 9.17) is 5.11 Å². The first-order chi connectivity index (χ1) is 10.3. The number of aliphatic hydroxyl groups is 1. The lowest BCUT2D eigenvalue weighted by Crippen LogP contribution is -2.27. The smallest absolute Gasteiger partial charge is 0.230 e. The van der Waals surface area contributed by atoms with Crippen LogP contribution < -0.4 is 5.32 Å². The molecule has 0 atom stereocenters. The third kappa shape index (κ3) is 5.93. The second-order valence-electron chi connectivity index (χ2n) is 5.11. The van der Waals surface area contributed by atoms with Crippen molar-refractivity contribution in [1.29, 1.82) is 0 Å². The van der Waals surface area contributed by atoms with Crippen molar-refractivity contribution in [1.82, 2.24) is 5.32 Å². The molecule has 116 valence electrons. The maximum Gasteiger partial charge on any atom is 0.230 e. The van der Waals surface area contributed by atoms with Gasteiger partial charge in [0, 0.05) is 23.8 Å². The van der Waals surface area contributed by atoms with Crippen molar-refractivity contribution in [3.63, 3.8) is 0 Å². The Morgan fingerprint density at radius 2 is 2.10 bits per heavy atom. The lowest BCUT2D eigenvalue weighted by Gasteiger charge is -2.06. The lowest BCUT2D eigenvalue weighted by molar-refractivity contribution is -0.118. The fourth-order valence-electron chi connectivity index (χ4n) is 2.37. The predicted octanol–water partition coefficient (Wildman–Crippen LogP) is 2.50. The summed E-state index contributed by atoms with van der Waals surface area (Å²) in [6, 6.07) is 6.58. The molecule has 0 bridgehead atoms. The topological polar surface area (TPSA) is 49.3 Å². The normalized spacial score (nSPS) is 13.2. The van der Waals surface area contributed by atoms with E-state index in [0.29, 0.717) is 12.3 Å². The van der Waals surface area contributed by atoms with Crippen LogP contribution in [-0.2, 0) is 17.6 Å². The molecule has 3 nitrogen and oxygen atoms in total. The van der Waals surface area contributed by atoms with Gasteiger partial charge in [-0.1, -0.05) is 6.07 Å². The fourth-order valence-corrected chi connectivity index (χ4v) is 3.94. The molecule has 0 aromatic heterocycles. The Balaban J connectivity index is 1.60. The van der Waals surface area contributed by atoms with Crippen LogP contribution in [0.3, 0.4) is 0 Å². The largest absolute Gasteiger partial charge is 0.396 e. The van der Waals surface area contributed by atoms with Crippen LogP contribution in [0, 0.1) is 0 Å². The van der Waals surface area contributed by atoms with E-state index < -0.39 is 0 Å². The molecule has 1 amide bonds. The van der Waals surface area contributed by atoms with Crippen LogP contribution in [0.1, 0.15) is 24.0 Å². The van der Waals surface area contributed by atoms with Gasteiger partial charge in [0.1, 0.15) is 0 Å².